The zero-order chi connectivity index (χ0) is 26.1. The molecule has 0 saturated carbocycles. The molecule has 38 heavy (non-hydrogen) atoms. The maximum Gasteiger partial charge on any atom is 0.257 e. The number of hydrogen-bond donors (Lipinski definition) is 0. The van der Waals surface area contributed by atoms with Crippen LogP contribution in [0.25, 0.3) is 0 Å². The smallest absolute Gasteiger partial charge is 0.257 e. The predicted molar refractivity (Wildman–Crippen MR) is 141 cm³/mol. The molecule has 3 aromatic carbocycles. The zero-order valence-corrected chi connectivity index (χ0v) is 21.2. The summed E-state index contributed by atoms with van der Waals surface area (Å²) >= 11 is 0. The molecule has 3 aliphatic heterocycles. The number of carbonyl (C=O) groups is 1. The fourth-order valence-electron chi connectivity index (χ4n) is 5.20. The fourth-order valence-corrected chi connectivity index (χ4v) is 5.20. The van der Waals surface area contributed by atoms with E-state index in [1.807, 2.05) is 53.4 Å². The molecule has 3 heterocycles. The Morgan fingerprint density at radius 1 is 1.00 bits per heavy atom. The van der Waals surface area contributed by atoms with E-state index in [1.165, 1.54) is 6.07 Å². The molecule has 3 aromatic rings. The summed E-state index contributed by atoms with van der Waals surface area (Å²) in [5.41, 5.74) is 3.34. The van der Waals surface area contributed by atoms with Crippen molar-refractivity contribution >= 4 is 17.3 Å². The molecule has 0 aromatic heterocycles. The van der Waals surface area contributed by atoms with Gasteiger partial charge in [-0.2, -0.15) is 5.10 Å². The molecule has 1 saturated heterocycles. The molecule has 1 amide bonds. The maximum absolute atomic E-state index is 14.2. The van der Waals surface area contributed by atoms with Gasteiger partial charge in [-0.25, -0.2) is 9.40 Å². The summed E-state index contributed by atoms with van der Waals surface area (Å²) in [5, 5.41) is 6.42. The molecule has 3 aliphatic rings. The Morgan fingerprint density at radius 2 is 1.76 bits per heavy atom. The normalized spacial score (nSPS) is 19.0. The highest BCUT2D eigenvalue weighted by molar-refractivity contribution is 6.03. The third-order valence-corrected chi connectivity index (χ3v) is 7.29. The van der Waals surface area contributed by atoms with E-state index in [-0.39, 0.29) is 31.1 Å². The summed E-state index contributed by atoms with van der Waals surface area (Å²) in [6.07, 6.45) is 0.582. The lowest BCUT2D eigenvalue weighted by Crippen LogP contribution is -2.49. The number of amides is 1. The number of fused-ring (bicyclic) bond motifs is 1. The van der Waals surface area contributed by atoms with Crippen molar-refractivity contribution in [2.45, 2.75) is 12.5 Å². The minimum Gasteiger partial charge on any atom is -0.497 e. The van der Waals surface area contributed by atoms with Crippen LogP contribution in [0.1, 0.15) is 23.6 Å². The third-order valence-electron chi connectivity index (χ3n) is 7.29. The molecule has 0 aliphatic carbocycles. The van der Waals surface area contributed by atoms with Gasteiger partial charge in [0.15, 0.2) is 11.5 Å². The lowest BCUT2D eigenvalue weighted by molar-refractivity contribution is -0.134. The van der Waals surface area contributed by atoms with E-state index in [1.54, 1.807) is 24.3 Å². The molecule has 0 radical (unpaired) electrons. The number of methoxy groups -OCH3 is 1. The maximum atomic E-state index is 14.2. The topological polar surface area (TPSA) is 66.8 Å². The van der Waals surface area contributed by atoms with E-state index in [9.17, 15) is 9.18 Å². The van der Waals surface area contributed by atoms with Gasteiger partial charge in [0.25, 0.3) is 5.91 Å². The Balaban J connectivity index is 1.19. The van der Waals surface area contributed by atoms with E-state index >= 15 is 0 Å². The van der Waals surface area contributed by atoms with Crippen molar-refractivity contribution in [1.29, 1.82) is 0 Å². The van der Waals surface area contributed by atoms with E-state index in [2.05, 4.69) is 4.90 Å². The number of para-hydroxylation sites is 1. The SMILES string of the molecule is COc1ccc(C2=NN(C(=O)CN3CCN(c4ccccc4F)CC3)C(c3ccc4c(c3)OCO4)C2)cc1. The predicted octanol–water partition coefficient (Wildman–Crippen LogP) is 4.06. The minimum absolute atomic E-state index is 0.0736. The molecular formula is C29H29FN4O4. The number of halogens is 1. The highest BCUT2D eigenvalue weighted by Gasteiger charge is 2.35. The molecular weight excluding hydrogens is 487 g/mol. The minimum atomic E-state index is -0.256. The van der Waals surface area contributed by atoms with Crippen LogP contribution in [0.4, 0.5) is 10.1 Å². The van der Waals surface area contributed by atoms with E-state index in [0.29, 0.717) is 49.8 Å². The van der Waals surface area contributed by atoms with Crippen LogP contribution in [-0.2, 0) is 4.79 Å². The van der Waals surface area contributed by atoms with Crippen molar-refractivity contribution in [1.82, 2.24) is 9.91 Å². The summed E-state index contributed by atoms with van der Waals surface area (Å²) in [6.45, 7) is 3.07. The molecule has 9 heteroatoms. The number of benzene rings is 3. The molecule has 0 N–H and O–H groups in total. The zero-order valence-electron chi connectivity index (χ0n) is 21.2. The van der Waals surface area contributed by atoms with Crippen LogP contribution in [0.15, 0.2) is 71.8 Å². The van der Waals surface area contributed by atoms with Gasteiger partial charge in [-0.05, 0) is 59.7 Å². The van der Waals surface area contributed by atoms with Crippen LogP contribution in [0, 0.1) is 5.82 Å². The van der Waals surface area contributed by atoms with Crippen LogP contribution < -0.4 is 19.1 Å². The van der Waals surface area contributed by atoms with Gasteiger partial charge in [0.2, 0.25) is 6.79 Å². The van der Waals surface area contributed by atoms with Gasteiger partial charge >= 0.3 is 0 Å². The average Bonchev–Trinajstić information content (AvgIpc) is 3.61. The third kappa shape index (κ3) is 4.77. The molecule has 1 unspecified atom stereocenters. The molecule has 196 valence electrons. The average molecular weight is 517 g/mol. The molecule has 0 bridgehead atoms. The number of nitrogens with zero attached hydrogens (tertiary/aromatic N) is 4. The largest absolute Gasteiger partial charge is 0.497 e. The number of carbonyl (C=O) groups excluding carboxylic acids is 1. The van der Waals surface area contributed by atoms with Crippen molar-refractivity contribution in [3.8, 4) is 17.2 Å². The van der Waals surface area contributed by atoms with E-state index < -0.39 is 0 Å². The quantitative estimate of drug-likeness (QED) is 0.492. The lowest BCUT2D eigenvalue weighted by atomic mass is 9.98. The van der Waals surface area contributed by atoms with E-state index in [4.69, 9.17) is 19.3 Å². The highest BCUT2D eigenvalue weighted by atomic mass is 19.1. The molecule has 1 atom stereocenters. The number of piperazine rings is 1. The van der Waals surface area contributed by atoms with Crippen LogP contribution in [0.3, 0.4) is 0 Å². The van der Waals surface area contributed by atoms with Gasteiger partial charge in [-0.1, -0.05) is 18.2 Å². The van der Waals surface area contributed by atoms with Crippen LogP contribution >= 0.6 is 0 Å². The first-order chi connectivity index (χ1) is 18.6. The first kappa shape index (κ1) is 24.2. The van der Waals surface area contributed by atoms with E-state index in [0.717, 1.165) is 22.6 Å². The van der Waals surface area contributed by atoms with Gasteiger partial charge in [-0.15, -0.1) is 0 Å². The number of hydrazone groups is 1. The standard InChI is InChI=1S/C29H29FN4O4/c1-36-22-9-6-20(7-10-22)24-17-26(21-8-11-27-28(16-21)38-19-37-27)34(31-24)29(35)18-32-12-14-33(15-13-32)25-5-3-2-4-23(25)30/h2-11,16,26H,12-15,17-19H2,1H3. The summed E-state index contributed by atoms with van der Waals surface area (Å²) in [7, 11) is 1.63. The Morgan fingerprint density at radius 3 is 2.53 bits per heavy atom. The summed E-state index contributed by atoms with van der Waals surface area (Å²) in [6, 6.07) is 20.1. The summed E-state index contributed by atoms with van der Waals surface area (Å²) in [5.74, 6) is 1.85. The Kier molecular flexibility index (Phi) is 6.59. The monoisotopic (exact) mass is 516 g/mol. The van der Waals surface area contributed by atoms with Crippen molar-refractivity contribution in [2.75, 3.05) is 51.5 Å². The van der Waals surface area contributed by atoms with Gasteiger partial charge in [-0.3, -0.25) is 9.69 Å². The molecule has 0 spiro atoms. The second-order valence-electron chi connectivity index (χ2n) is 9.56. The second kappa shape index (κ2) is 10.3. The van der Waals surface area contributed by atoms with Gasteiger partial charge in [0.05, 0.1) is 31.1 Å². The molecule has 8 nitrogen and oxygen atoms in total. The van der Waals surface area contributed by atoms with Gasteiger partial charge in [0.1, 0.15) is 11.6 Å². The van der Waals surface area contributed by atoms with Crippen molar-refractivity contribution in [2.24, 2.45) is 5.10 Å². The van der Waals surface area contributed by atoms with Crippen molar-refractivity contribution in [3.05, 3.63) is 83.7 Å². The Labute approximate surface area is 220 Å². The molecule has 6 rings (SSSR count). The summed E-state index contributed by atoms with van der Waals surface area (Å²) < 4.78 is 30.6. The van der Waals surface area contributed by atoms with Crippen LogP contribution in [-0.4, -0.2) is 68.2 Å². The van der Waals surface area contributed by atoms with Gasteiger partial charge in [0, 0.05) is 32.6 Å². The van der Waals surface area contributed by atoms with Gasteiger partial charge < -0.3 is 19.1 Å². The highest BCUT2D eigenvalue weighted by Crippen LogP contribution is 2.39. The molecule has 1 fully saturated rings. The lowest BCUT2D eigenvalue weighted by Gasteiger charge is -2.36. The number of ether oxygens (including phenoxy) is 3. The Hall–Kier alpha value is -4.11. The fraction of sp³-hybridized carbons (Fsp3) is 0.310. The number of hydrogen-bond acceptors (Lipinski definition) is 7. The Bertz CT molecular complexity index is 1350. The van der Waals surface area contributed by atoms with Crippen molar-refractivity contribution < 1.29 is 23.4 Å². The number of anilines is 1. The summed E-state index contributed by atoms with van der Waals surface area (Å²) in [4.78, 5) is 17.8. The second-order valence-corrected chi connectivity index (χ2v) is 9.56. The van der Waals surface area contributed by atoms with Crippen LogP contribution in [0.2, 0.25) is 0 Å². The van der Waals surface area contributed by atoms with Crippen molar-refractivity contribution in [3.63, 3.8) is 0 Å². The first-order valence-electron chi connectivity index (χ1n) is 12.7. The van der Waals surface area contributed by atoms with Crippen LogP contribution in [0.5, 0.6) is 17.2 Å². The number of rotatable bonds is 6. The first-order valence-corrected chi connectivity index (χ1v) is 12.7.